The van der Waals surface area contributed by atoms with Crippen molar-refractivity contribution in [2.75, 3.05) is 0 Å². The van der Waals surface area contributed by atoms with Crippen molar-refractivity contribution in [3.05, 3.63) is 35.5 Å². The SMILES string of the molecule is Cc1cc(-c2nc3c(C(=O)O)cccc3o2)nn1C. The largest absolute Gasteiger partial charge is 0.478 e. The van der Waals surface area contributed by atoms with Crippen LogP contribution in [0.2, 0.25) is 0 Å². The van der Waals surface area contributed by atoms with Crippen molar-refractivity contribution in [1.82, 2.24) is 14.8 Å². The third-order valence-electron chi connectivity index (χ3n) is 2.98. The lowest BCUT2D eigenvalue weighted by Gasteiger charge is -1.92. The molecule has 0 atom stereocenters. The number of carboxylic acid groups (broad SMARTS) is 1. The maximum Gasteiger partial charge on any atom is 0.338 e. The van der Waals surface area contributed by atoms with Crippen molar-refractivity contribution < 1.29 is 14.3 Å². The van der Waals surface area contributed by atoms with Crippen LogP contribution in [0, 0.1) is 6.92 Å². The van der Waals surface area contributed by atoms with Crippen LogP contribution in [0.4, 0.5) is 0 Å². The molecule has 0 saturated heterocycles. The fourth-order valence-corrected chi connectivity index (χ4v) is 1.90. The zero-order chi connectivity index (χ0) is 13.6. The molecule has 0 radical (unpaired) electrons. The Morgan fingerprint density at radius 1 is 1.42 bits per heavy atom. The molecule has 1 aromatic carbocycles. The molecule has 0 aliphatic heterocycles. The topological polar surface area (TPSA) is 81.2 Å². The van der Waals surface area contributed by atoms with E-state index in [1.54, 1.807) is 16.8 Å². The standard InChI is InChI=1S/C13H11N3O3/c1-7-6-9(15-16(7)2)12-14-11-8(13(17)18)4-3-5-10(11)19-12/h3-6H,1-2H3,(H,17,18). The van der Waals surface area contributed by atoms with Crippen molar-refractivity contribution in [1.29, 1.82) is 0 Å². The van der Waals surface area contributed by atoms with E-state index in [0.717, 1.165) is 5.69 Å². The number of carboxylic acids is 1. The van der Waals surface area contributed by atoms with Crippen LogP contribution < -0.4 is 0 Å². The van der Waals surface area contributed by atoms with E-state index in [9.17, 15) is 4.79 Å². The molecule has 0 bridgehead atoms. The first-order chi connectivity index (χ1) is 9.06. The Bertz CT molecular complexity index is 766. The lowest BCUT2D eigenvalue weighted by Crippen LogP contribution is -1.96. The van der Waals surface area contributed by atoms with Crippen LogP contribution in [0.15, 0.2) is 28.7 Å². The van der Waals surface area contributed by atoms with Gasteiger partial charge in [-0.05, 0) is 25.1 Å². The summed E-state index contributed by atoms with van der Waals surface area (Å²) in [6, 6.07) is 6.66. The van der Waals surface area contributed by atoms with Crippen LogP contribution >= 0.6 is 0 Å². The highest BCUT2D eigenvalue weighted by Crippen LogP contribution is 2.25. The summed E-state index contributed by atoms with van der Waals surface area (Å²) in [7, 11) is 1.82. The van der Waals surface area contributed by atoms with Gasteiger partial charge in [-0.15, -0.1) is 0 Å². The summed E-state index contributed by atoms with van der Waals surface area (Å²) < 4.78 is 7.27. The number of rotatable bonds is 2. The number of fused-ring (bicyclic) bond motifs is 1. The number of aromatic nitrogens is 3. The minimum Gasteiger partial charge on any atom is -0.478 e. The van der Waals surface area contributed by atoms with Gasteiger partial charge in [0, 0.05) is 12.7 Å². The van der Waals surface area contributed by atoms with Gasteiger partial charge in [-0.25, -0.2) is 9.78 Å². The number of nitrogens with zero attached hydrogens (tertiary/aromatic N) is 3. The molecule has 2 heterocycles. The van der Waals surface area contributed by atoms with Crippen molar-refractivity contribution >= 4 is 17.1 Å². The number of aryl methyl sites for hydroxylation is 2. The Labute approximate surface area is 108 Å². The van der Waals surface area contributed by atoms with E-state index in [1.807, 2.05) is 20.0 Å². The quantitative estimate of drug-likeness (QED) is 0.761. The Morgan fingerprint density at radius 3 is 2.84 bits per heavy atom. The van der Waals surface area contributed by atoms with Gasteiger partial charge < -0.3 is 9.52 Å². The second kappa shape index (κ2) is 3.94. The van der Waals surface area contributed by atoms with Gasteiger partial charge in [0.25, 0.3) is 0 Å². The van der Waals surface area contributed by atoms with E-state index in [0.29, 0.717) is 22.7 Å². The van der Waals surface area contributed by atoms with E-state index in [2.05, 4.69) is 10.1 Å². The highest BCUT2D eigenvalue weighted by atomic mass is 16.4. The monoisotopic (exact) mass is 257 g/mol. The number of hydrogen-bond donors (Lipinski definition) is 1. The smallest absolute Gasteiger partial charge is 0.338 e. The fourth-order valence-electron chi connectivity index (χ4n) is 1.90. The molecule has 6 nitrogen and oxygen atoms in total. The molecule has 3 rings (SSSR count). The molecule has 0 amide bonds. The molecule has 3 aromatic rings. The molecule has 96 valence electrons. The summed E-state index contributed by atoms with van der Waals surface area (Å²) >= 11 is 0. The highest BCUT2D eigenvalue weighted by molar-refractivity contribution is 6.00. The molecule has 0 aliphatic carbocycles. The summed E-state index contributed by atoms with van der Waals surface area (Å²) in [4.78, 5) is 15.4. The summed E-state index contributed by atoms with van der Waals surface area (Å²) in [6.45, 7) is 1.92. The first kappa shape index (κ1) is 11.5. The number of aromatic carboxylic acids is 1. The van der Waals surface area contributed by atoms with Gasteiger partial charge in [0.2, 0.25) is 5.89 Å². The molecule has 0 saturated carbocycles. The average molecular weight is 257 g/mol. The Morgan fingerprint density at radius 2 is 2.21 bits per heavy atom. The maximum atomic E-state index is 11.1. The van der Waals surface area contributed by atoms with Crippen molar-refractivity contribution in [2.45, 2.75) is 6.92 Å². The van der Waals surface area contributed by atoms with E-state index < -0.39 is 5.97 Å². The van der Waals surface area contributed by atoms with Gasteiger partial charge in [0.05, 0.1) is 5.56 Å². The van der Waals surface area contributed by atoms with Crippen LogP contribution in [0.1, 0.15) is 16.1 Å². The van der Waals surface area contributed by atoms with Gasteiger partial charge in [0.1, 0.15) is 11.2 Å². The molecular weight excluding hydrogens is 246 g/mol. The van der Waals surface area contributed by atoms with E-state index in [-0.39, 0.29) is 5.56 Å². The van der Waals surface area contributed by atoms with Gasteiger partial charge in [-0.2, -0.15) is 5.10 Å². The summed E-state index contributed by atoms with van der Waals surface area (Å²) in [5, 5.41) is 13.4. The number of para-hydroxylation sites is 1. The molecule has 0 aliphatic rings. The molecule has 6 heteroatoms. The van der Waals surface area contributed by atoms with Crippen molar-refractivity contribution in [3.63, 3.8) is 0 Å². The fraction of sp³-hybridized carbons (Fsp3) is 0.154. The molecule has 2 aromatic heterocycles. The van der Waals surface area contributed by atoms with Crippen LogP contribution in [0.3, 0.4) is 0 Å². The van der Waals surface area contributed by atoms with E-state index in [4.69, 9.17) is 9.52 Å². The second-order valence-electron chi connectivity index (χ2n) is 4.27. The summed E-state index contributed by atoms with van der Waals surface area (Å²) in [5.41, 5.74) is 2.47. The minimum atomic E-state index is -1.03. The molecule has 0 spiro atoms. The molecule has 19 heavy (non-hydrogen) atoms. The predicted octanol–water partition coefficient (Wildman–Crippen LogP) is 2.23. The number of oxazole rings is 1. The summed E-state index contributed by atoms with van der Waals surface area (Å²) in [6.07, 6.45) is 0. The van der Waals surface area contributed by atoms with Crippen LogP contribution in [0.25, 0.3) is 22.7 Å². The molecule has 1 N–H and O–H groups in total. The van der Waals surface area contributed by atoms with Gasteiger partial charge in [-0.1, -0.05) is 6.07 Å². The number of hydrogen-bond acceptors (Lipinski definition) is 4. The molecule has 0 fully saturated rings. The van der Waals surface area contributed by atoms with E-state index in [1.165, 1.54) is 6.07 Å². The normalized spacial score (nSPS) is 11.1. The first-order valence-corrected chi connectivity index (χ1v) is 5.70. The van der Waals surface area contributed by atoms with Crippen molar-refractivity contribution in [2.24, 2.45) is 7.05 Å². The first-order valence-electron chi connectivity index (χ1n) is 5.70. The third kappa shape index (κ3) is 1.77. The number of benzene rings is 1. The molecular formula is C13H11N3O3. The zero-order valence-corrected chi connectivity index (χ0v) is 10.4. The van der Waals surface area contributed by atoms with Crippen molar-refractivity contribution in [3.8, 4) is 11.6 Å². The Hall–Kier alpha value is -2.63. The highest BCUT2D eigenvalue weighted by Gasteiger charge is 2.17. The second-order valence-corrected chi connectivity index (χ2v) is 4.27. The Kier molecular flexibility index (Phi) is 2.38. The van der Waals surface area contributed by atoms with Crippen LogP contribution in [-0.2, 0) is 7.05 Å². The minimum absolute atomic E-state index is 0.125. The molecule has 0 unspecified atom stereocenters. The number of carbonyl (C=O) groups is 1. The third-order valence-corrected chi connectivity index (χ3v) is 2.98. The van der Waals surface area contributed by atoms with Crippen LogP contribution in [0.5, 0.6) is 0 Å². The van der Waals surface area contributed by atoms with Crippen LogP contribution in [-0.4, -0.2) is 25.8 Å². The lowest BCUT2D eigenvalue weighted by molar-refractivity contribution is 0.0699. The maximum absolute atomic E-state index is 11.1. The predicted molar refractivity (Wildman–Crippen MR) is 67.9 cm³/mol. The lowest BCUT2D eigenvalue weighted by atomic mass is 10.2. The van der Waals surface area contributed by atoms with Gasteiger partial charge in [-0.3, -0.25) is 4.68 Å². The summed E-state index contributed by atoms with van der Waals surface area (Å²) in [5.74, 6) is -0.699. The average Bonchev–Trinajstić information content (AvgIpc) is 2.93. The van der Waals surface area contributed by atoms with Gasteiger partial charge >= 0.3 is 5.97 Å². The van der Waals surface area contributed by atoms with Gasteiger partial charge in [0.15, 0.2) is 5.58 Å². The zero-order valence-electron chi connectivity index (χ0n) is 10.4. The Balaban J connectivity index is 2.21. The van der Waals surface area contributed by atoms with E-state index >= 15 is 0 Å².